The maximum atomic E-state index is 13.4. The zero-order valence-corrected chi connectivity index (χ0v) is 16.9. The highest BCUT2D eigenvalue weighted by Gasteiger charge is 2.54. The quantitative estimate of drug-likeness (QED) is 0.835. The molecule has 0 spiro atoms. The summed E-state index contributed by atoms with van der Waals surface area (Å²) in [5, 5.41) is 5.87. The second kappa shape index (κ2) is 7.52. The third-order valence-corrected chi connectivity index (χ3v) is 5.93. The zero-order chi connectivity index (χ0) is 20.6. The molecule has 2 aliphatic rings. The summed E-state index contributed by atoms with van der Waals surface area (Å²) in [5.74, 6) is -0.645. The van der Waals surface area contributed by atoms with Crippen LogP contribution >= 0.6 is 11.6 Å². The lowest BCUT2D eigenvalue weighted by Crippen LogP contribution is -2.49. The zero-order valence-electron chi connectivity index (χ0n) is 16.2. The summed E-state index contributed by atoms with van der Waals surface area (Å²) in [5.41, 5.74) is 1.11. The van der Waals surface area contributed by atoms with Crippen LogP contribution in [-0.4, -0.2) is 40.8 Å². The van der Waals surface area contributed by atoms with Gasteiger partial charge in [-0.15, -0.1) is 0 Å². The van der Waals surface area contributed by atoms with Gasteiger partial charge < -0.3 is 5.32 Å². The van der Waals surface area contributed by atoms with Gasteiger partial charge in [0.25, 0.3) is 11.8 Å². The standard InChI is InChI=1S/C22H22ClN3O3/c1-15(27)24-18-10-5-9-17(19(18)23)20(28)25-13-6-14-26(25)21(29)22(11-12-22)16-7-3-2-4-8-16/h2-5,7-10H,6,11-14H2,1H3,(H,24,27). The molecule has 0 unspecified atom stereocenters. The van der Waals surface area contributed by atoms with E-state index in [1.54, 1.807) is 23.2 Å². The molecule has 0 bridgehead atoms. The number of benzene rings is 2. The second-order valence-electron chi connectivity index (χ2n) is 7.51. The predicted molar refractivity (Wildman–Crippen MR) is 110 cm³/mol. The number of hydrogen-bond donors (Lipinski definition) is 1. The summed E-state index contributed by atoms with van der Waals surface area (Å²) in [6.45, 7) is 2.34. The fourth-order valence-electron chi connectivity index (χ4n) is 3.91. The Morgan fingerprint density at radius 3 is 2.31 bits per heavy atom. The van der Waals surface area contributed by atoms with Gasteiger partial charge in [0.1, 0.15) is 0 Å². The number of amides is 3. The van der Waals surface area contributed by atoms with Gasteiger partial charge in [0.2, 0.25) is 5.91 Å². The molecule has 150 valence electrons. The third kappa shape index (κ3) is 3.49. The maximum absolute atomic E-state index is 13.4. The summed E-state index contributed by atoms with van der Waals surface area (Å²) in [6, 6.07) is 14.7. The Labute approximate surface area is 174 Å². The van der Waals surface area contributed by atoms with Crippen molar-refractivity contribution in [2.75, 3.05) is 18.4 Å². The minimum Gasteiger partial charge on any atom is -0.325 e. The van der Waals surface area contributed by atoms with Crippen LogP contribution in [0.4, 0.5) is 5.69 Å². The lowest BCUT2D eigenvalue weighted by atomic mass is 9.95. The molecule has 1 saturated heterocycles. The van der Waals surface area contributed by atoms with E-state index in [1.807, 2.05) is 30.3 Å². The number of carbonyl (C=O) groups is 3. The van der Waals surface area contributed by atoms with E-state index in [1.165, 1.54) is 11.9 Å². The molecule has 2 aromatic rings. The second-order valence-corrected chi connectivity index (χ2v) is 7.88. The van der Waals surface area contributed by atoms with Crippen molar-refractivity contribution in [1.82, 2.24) is 10.0 Å². The fourth-order valence-corrected chi connectivity index (χ4v) is 4.17. The third-order valence-electron chi connectivity index (χ3n) is 5.53. The number of halogens is 1. The highest BCUT2D eigenvalue weighted by molar-refractivity contribution is 6.36. The Hall–Kier alpha value is -2.86. The van der Waals surface area contributed by atoms with E-state index in [0.29, 0.717) is 25.2 Å². The number of nitrogens with zero attached hydrogens (tertiary/aromatic N) is 2. The Morgan fingerprint density at radius 2 is 1.66 bits per heavy atom. The van der Waals surface area contributed by atoms with E-state index in [2.05, 4.69) is 5.32 Å². The van der Waals surface area contributed by atoms with E-state index < -0.39 is 5.41 Å². The van der Waals surface area contributed by atoms with Gasteiger partial charge in [-0.2, -0.15) is 0 Å². The van der Waals surface area contributed by atoms with Crippen molar-refractivity contribution >= 4 is 35.0 Å². The van der Waals surface area contributed by atoms with Gasteiger partial charge in [0.15, 0.2) is 0 Å². The summed E-state index contributed by atoms with van der Waals surface area (Å²) >= 11 is 6.39. The molecule has 29 heavy (non-hydrogen) atoms. The molecule has 0 atom stereocenters. The Kier molecular flexibility index (Phi) is 5.04. The van der Waals surface area contributed by atoms with Gasteiger partial charge in [0, 0.05) is 20.0 Å². The van der Waals surface area contributed by atoms with Crippen molar-refractivity contribution in [2.24, 2.45) is 0 Å². The van der Waals surface area contributed by atoms with Crippen LogP contribution < -0.4 is 5.32 Å². The minimum absolute atomic E-state index is 0.0383. The molecule has 7 heteroatoms. The number of hydrogen-bond acceptors (Lipinski definition) is 3. The van der Waals surface area contributed by atoms with Crippen molar-refractivity contribution in [1.29, 1.82) is 0 Å². The van der Waals surface area contributed by atoms with Crippen molar-refractivity contribution in [3.8, 4) is 0 Å². The average molecular weight is 412 g/mol. The molecule has 6 nitrogen and oxygen atoms in total. The molecular weight excluding hydrogens is 390 g/mol. The molecule has 1 heterocycles. The minimum atomic E-state index is -0.536. The van der Waals surface area contributed by atoms with E-state index in [0.717, 1.165) is 18.4 Å². The van der Waals surface area contributed by atoms with Crippen molar-refractivity contribution < 1.29 is 14.4 Å². The van der Waals surface area contributed by atoms with Crippen LogP contribution in [0.25, 0.3) is 0 Å². The van der Waals surface area contributed by atoms with E-state index in [4.69, 9.17) is 11.6 Å². The molecule has 3 amide bonds. The largest absolute Gasteiger partial charge is 0.325 e. The smallest absolute Gasteiger partial charge is 0.274 e. The lowest BCUT2D eigenvalue weighted by molar-refractivity contribution is -0.143. The number of rotatable bonds is 4. The summed E-state index contributed by atoms with van der Waals surface area (Å²) in [6.07, 6.45) is 2.28. The first-order valence-electron chi connectivity index (χ1n) is 9.69. The van der Waals surface area contributed by atoms with E-state index in [9.17, 15) is 14.4 Å². The molecule has 4 rings (SSSR count). The number of anilines is 1. The summed E-state index contributed by atoms with van der Waals surface area (Å²) in [4.78, 5) is 38.0. The highest BCUT2D eigenvalue weighted by atomic mass is 35.5. The topological polar surface area (TPSA) is 69.7 Å². The molecule has 1 aliphatic carbocycles. The SMILES string of the molecule is CC(=O)Nc1cccc(C(=O)N2CCCN2C(=O)C2(c3ccccc3)CC2)c1Cl. The lowest BCUT2D eigenvalue weighted by Gasteiger charge is -2.31. The highest BCUT2D eigenvalue weighted by Crippen LogP contribution is 2.50. The van der Waals surface area contributed by atoms with Crippen molar-refractivity contribution in [3.63, 3.8) is 0 Å². The van der Waals surface area contributed by atoms with Crippen LogP contribution in [0.5, 0.6) is 0 Å². The molecule has 1 saturated carbocycles. The van der Waals surface area contributed by atoms with Crippen LogP contribution in [0.2, 0.25) is 5.02 Å². The molecule has 1 aliphatic heterocycles. The number of nitrogens with one attached hydrogen (secondary N) is 1. The van der Waals surface area contributed by atoms with Crippen LogP contribution in [-0.2, 0) is 15.0 Å². The first-order chi connectivity index (χ1) is 13.9. The normalized spacial score (nSPS) is 17.2. The van der Waals surface area contributed by atoms with Crippen molar-refractivity contribution in [2.45, 2.75) is 31.6 Å². The molecule has 0 radical (unpaired) electrons. The van der Waals surface area contributed by atoms with E-state index >= 15 is 0 Å². The number of hydrazine groups is 1. The molecular formula is C22H22ClN3O3. The predicted octanol–water partition coefficient (Wildman–Crippen LogP) is 3.62. The Balaban J connectivity index is 1.60. The van der Waals surface area contributed by atoms with Gasteiger partial charge in [-0.1, -0.05) is 48.0 Å². The summed E-state index contributed by atoms with van der Waals surface area (Å²) in [7, 11) is 0. The average Bonchev–Trinajstić information content (AvgIpc) is 3.39. The first kappa shape index (κ1) is 19.5. The first-order valence-corrected chi connectivity index (χ1v) is 10.1. The van der Waals surface area contributed by atoms with Gasteiger partial charge in [-0.05, 0) is 37.0 Å². The van der Waals surface area contributed by atoms with Gasteiger partial charge in [0.05, 0.1) is 21.7 Å². The van der Waals surface area contributed by atoms with Crippen molar-refractivity contribution in [3.05, 3.63) is 64.7 Å². The molecule has 2 aromatic carbocycles. The Morgan fingerprint density at radius 1 is 0.966 bits per heavy atom. The monoisotopic (exact) mass is 411 g/mol. The van der Waals surface area contributed by atoms with Gasteiger partial charge >= 0.3 is 0 Å². The van der Waals surface area contributed by atoms with E-state index in [-0.39, 0.29) is 28.3 Å². The van der Waals surface area contributed by atoms with Crippen LogP contribution in [0.1, 0.15) is 42.1 Å². The Bertz CT molecular complexity index is 973. The maximum Gasteiger partial charge on any atom is 0.274 e. The van der Waals surface area contributed by atoms with Crippen LogP contribution in [0, 0.1) is 0 Å². The fraction of sp³-hybridized carbons (Fsp3) is 0.318. The van der Waals surface area contributed by atoms with Gasteiger partial charge in [-0.25, -0.2) is 5.01 Å². The molecule has 0 aromatic heterocycles. The molecule has 1 N–H and O–H groups in total. The van der Waals surface area contributed by atoms with Crippen LogP contribution in [0.3, 0.4) is 0 Å². The number of carbonyl (C=O) groups excluding carboxylic acids is 3. The molecule has 2 fully saturated rings. The van der Waals surface area contributed by atoms with Crippen LogP contribution in [0.15, 0.2) is 48.5 Å². The summed E-state index contributed by atoms with van der Waals surface area (Å²) < 4.78 is 0. The van der Waals surface area contributed by atoms with Gasteiger partial charge in [-0.3, -0.25) is 19.4 Å².